The van der Waals surface area contributed by atoms with Crippen LogP contribution < -0.4 is 0 Å². The average molecular weight is 332 g/mol. The van der Waals surface area contributed by atoms with E-state index < -0.39 is 0 Å². The smallest absolute Gasteiger partial charge is 0.0112 e. The lowest BCUT2D eigenvalue weighted by molar-refractivity contribution is 0.150. The second-order valence-electron chi connectivity index (χ2n) is 5.39. The summed E-state index contributed by atoms with van der Waals surface area (Å²) in [6, 6.07) is 5.00. The van der Waals surface area contributed by atoms with Crippen LogP contribution >= 0.6 is 27.3 Å². The molecule has 0 amide bonds. The van der Waals surface area contributed by atoms with Gasteiger partial charge in [0.2, 0.25) is 0 Å². The van der Waals surface area contributed by atoms with E-state index in [1.807, 2.05) is 11.3 Å². The predicted molar refractivity (Wildman–Crippen MR) is 86.9 cm³/mol. The maximum atomic E-state index is 3.71. The van der Waals surface area contributed by atoms with Crippen LogP contribution in [0.4, 0.5) is 0 Å². The molecule has 1 aromatic rings. The maximum Gasteiger partial charge on any atom is 0.0112 e. The molecule has 1 rings (SSSR count). The minimum Gasteiger partial charge on any atom is -0.303 e. The molecule has 0 radical (unpaired) electrons. The molecule has 0 fully saturated rings. The fourth-order valence-electron chi connectivity index (χ4n) is 2.27. The highest BCUT2D eigenvalue weighted by molar-refractivity contribution is 9.09. The Balaban J connectivity index is 2.55. The van der Waals surface area contributed by atoms with Gasteiger partial charge in [0, 0.05) is 22.8 Å². The van der Waals surface area contributed by atoms with Crippen molar-refractivity contribution >= 4 is 27.3 Å². The second kappa shape index (κ2) is 7.66. The van der Waals surface area contributed by atoms with E-state index in [0.717, 1.165) is 5.33 Å². The molecule has 0 bridgehead atoms. The summed E-state index contributed by atoms with van der Waals surface area (Å²) in [4.78, 5) is 4.01. The lowest BCUT2D eigenvalue weighted by Crippen LogP contribution is -2.41. The quantitative estimate of drug-likeness (QED) is 0.617. The summed E-state index contributed by atoms with van der Waals surface area (Å²) in [5, 5.41) is 3.27. The fourth-order valence-corrected chi connectivity index (χ4v) is 4.06. The largest absolute Gasteiger partial charge is 0.303 e. The van der Waals surface area contributed by atoms with E-state index in [0.29, 0.717) is 11.5 Å². The molecule has 3 heteroatoms. The first-order valence-electron chi connectivity index (χ1n) is 6.85. The van der Waals surface area contributed by atoms with Crippen LogP contribution in [0.5, 0.6) is 0 Å². The zero-order valence-electron chi connectivity index (χ0n) is 12.1. The zero-order chi connectivity index (χ0) is 13.6. The van der Waals surface area contributed by atoms with Gasteiger partial charge in [-0.15, -0.1) is 11.3 Å². The van der Waals surface area contributed by atoms with Crippen LogP contribution in [-0.4, -0.2) is 29.9 Å². The van der Waals surface area contributed by atoms with Crippen molar-refractivity contribution in [1.82, 2.24) is 4.90 Å². The first kappa shape index (κ1) is 16.2. The Kier molecular flexibility index (Phi) is 6.89. The van der Waals surface area contributed by atoms with E-state index in [2.05, 4.69) is 66.2 Å². The normalized spacial score (nSPS) is 14.1. The molecule has 1 heterocycles. The molecule has 1 aromatic heterocycles. The van der Waals surface area contributed by atoms with Gasteiger partial charge >= 0.3 is 0 Å². The number of halogens is 1. The maximum absolute atomic E-state index is 3.71. The molecule has 0 aliphatic carbocycles. The zero-order valence-corrected chi connectivity index (χ0v) is 14.5. The van der Waals surface area contributed by atoms with E-state index in [-0.39, 0.29) is 0 Å². The number of hydrogen-bond donors (Lipinski definition) is 0. The third kappa shape index (κ3) is 4.36. The average Bonchev–Trinajstić information content (AvgIpc) is 2.88. The standard InChI is InChI=1S/C15H26BrNS/c1-5-15(6-2,11-16)12-17(4)13(3)10-14-8-7-9-18-14/h7-9,13H,5-6,10-12H2,1-4H3. The summed E-state index contributed by atoms with van der Waals surface area (Å²) >= 11 is 5.58. The molecule has 0 aliphatic rings. The molecular formula is C15H26BrNS. The second-order valence-corrected chi connectivity index (χ2v) is 6.98. The lowest BCUT2D eigenvalue weighted by Gasteiger charge is -2.37. The van der Waals surface area contributed by atoms with Crippen molar-refractivity contribution in [2.75, 3.05) is 18.9 Å². The number of hydrogen-bond acceptors (Lipinski definition) is 2. The van der Waals surface area contributed by atoms with Crippen LogP contribution in [0.3, 0.4) is 0 Å². The van der Waals surface area contributed by atoms with Crippen molar-refractivity contribution in [3.05, 3.63) is 22.4 Å². The topological polar surface area (TPSA) is 3.24 Å². The highest BCUT2D eigenvalue weighted by Gasteiger charge is 2.27. The number of rotatable bonds is 8. The number of nitrogens with zero attached hydrogens (tertiary/aromatic N) is 1. The van der Waals surface area contributed by atoms with Crippen LogP contribution in [0.15, 0.2) is 17.5 Å². The number of likely N-dealkylation sites (N-methyl/N-ethyl adjacent to an activating group) is 1. The van der Waals surface area contributed by atoms with Crippen molar-refractivity contribution < 1.29 is 0 Å². The van der Waals surface area contributed by atoms with Gasteiger partial charge in [-0.2, -0.15) is 0 Å². The summed E-state index contributed by atoms with van der Waals surface area (Å²) in [5.74, 6) is 0. The fraction of sp³-hybridized carbons (Fsp3) is 0.733. The first-order valence-corrected chi connectivity index (χ1v) is 8.85. The molecule has 0 saturated heterocycles. The number of alkyl halides is 1. The van der Waals surface area contributed by atoms with Crippen LogP contribution in [0.1, 0.15) is 38.5 Å². The van der Waals surface area contributed by atoms with E-state index in [1.54, 1.807) is 0 Å². The molecule has 0 spiro atoms. The SMILES string of the molecule is CCC(CC)(CBr)CN(C)C(C)Cc1cccs1. The summed E-state index contributed by atoms with van der Waals surface area (Å²) < 4.78 is 0. The summed E-state index contributed by atoms with van der Waals surface area (Å²) in [6.07, 6.45) is 3.65. The molecule has 104 valence electrons. The third-order valence-corrected chi connectivity index (χ3v) is 6.29. The van der Waals surface area contributed by atoms with Gasteiger partial charge in [0.05, 0.1) is 0 Å². The van der Waals surface area contributed by atoms with Crippen LogP contribution in [0, 0.1) is 5.41 Å². The number of thiophene rings is 1. The summed E-state index contributed by atoms with van der Waals surface area (Å²) in [7, 11) is 2.26. The molecule has 1 atom stereocenters. The third-order valence-electron chi connectivity index (χ3n) is 4.20. The minimum absolute atomic E-state index is 0.429. The van der Waals surface area contributed by atoms with E-state index in [9.17, 15) is 0 Å². The van der Waals surface area contributed by atoms with Gasteiger partial charge in [-0.05, 0) is 50.1 Å². The lowest BCUT2D eigenvalue weighted by atomic mass is 9.84. The van der Waals surface area contributed by atoms with Crippen molar-refractivity contribution in [3.8, 4) is 0 Å². The molecule has 0 aromatic carbocycles. The van der Waals surface area contributed by atoms with Crippen molar-refractivity contribution in [2.24, 2.45) is 5.41 Å². The monoisotopic (exact) mass is 331 g/mol. The minimum atomic E-state index is 0.429. The van der Waals surface area contributed by atoms with E-state index in [4.69, 9.17) is 0 Å². The van der Waals surface area contributed by atoms with E-state index in [1.165, 1.54) is 30.7 Å². The van der Waals surface area contributed by atoms with Gasteiger partial charge in [-0.1, -0.05) is 35.8 Å². The Morgan fingerprint density at radius 2 is 2.06 bits per heavy atom. The van der Waals surface area contributed by atoms with Gasteiger partial charge in [0.15, 0.2) is 0 Å². The predicted octanol–water partition coefficient (Wildman–Crippen LogP) is 4.81. The molecule has 18 heavy (non-hydrogen) atoms. The Morgan fingerprint density at radius 1 is 1.39 bits per heavy atom. The highest BCUT2D eigenvalue weighted by Crippen LogP contribution is 2.30. The molecule has 0 aliphatic heterocycles. The van der Waals surface area contributed by atoms with Crippen molar-refractivity contribution in [2.45, 2.75) is 46.1 Å². The van der Waals surface area contributed by atoms with Gasteiger partial charge in [0.1, 0.15) is 0 Å². The van der Waals surface area contributed by atoms with Crippen molar-refractivity contribution in [3.63, 3.8) is 0 Å². The van der Waals surface area contributed by atoms with Crippen LogP contribution in [0.25, 0.3) is 0 Å². The molecule has 0 saturated carbocycles. The Morgan fingerprint density at radius 3 is 2.50 bits per heavy atom. The summed E-state index contributed by atoms with van der Waals surface area (Å²) in [6.45, 7) is 8.13. The van der Waals surface area contributed by atoms with Crippen LogP contribution in [-0.2, 0) is 6.42 Å². The van der Waals surface area contributed by atoms with Gasteiger partial charge < -0.3 is 4.90 Å². The molecule has 0 N–H and O–H groups in total. The molecule has 1 nitrogen and oxygen atoms in total. The Labute approximate surface area is 125 Å². The Hall–Kier alpha value is 0.140. The van der Waals surface area contributed by atoms with Crippen molar-refractivity contribution in [1.29, 1.82) is 0 Å². The highest BCUT2D eigenvalue weighted by atomic mass is 79.9. The molecule has 1 unspecified atom stereocenters. The van der Waals surface area contributed by atoms with E-state index >= 15 is 0 Å². The van der Waals surface area contributed by atoms with Gasteiger partial charge in [-0.3, -0.25) is 0 Å². The molecular weight excluding hydrogens is 306 g/mol. The summed E-state index contributed by atoms with van der Waals surface area (Å²) in [5.41, 5.74) is 0.429. The Bertz CT molecular complexity index is 311. The van der Waals surface area contributed by atoms with Crippen LogP contribution in [0.2, 0.25) is 0 Å². The first-order chi connectivity index (χ1) is 8.56. The van der Waals surface area contributed by atoms with Gasteiger partial charge in [-0.25, -0.2) is 0 Å². The van der Waals surface area contributed by atoms with Gasteiger partial charge in [0.25, 0.3) is 0 Å².